The average Bonchev–Trinajstić information content (AvgIpc) is 3.03. The fraction of sp³-hybridized carbons (Fsp3) is 0.348. The van der Waals surface area contributed by atoms with Crippen LogP contribution >= 0.6 is 23.2 Å². The third-order valence-corrected chi connectivity index (χ3v) is 7.16. The largest absolute Gasteiger partial charge is 0.458 e. The fourth-order valence-electron chi connectivity index (χ4n) is 5.35. The van der Waals surface area contributed by atoms with Crippen molar-refractivity contribution in [1.29, 1.82) is 0 Å². The number of imide groups is 1. The van der Waals surface area contributed by atoms with Crippen molar-refractivity contribution in [3.8, 4) is 0 Å². The summed E-state index contributed by atoms with van der Waals surface area (Å²) in [5.74, 6) is -2.58. The second-order valence-electron chi connectivity index (χ2n) is 7.95. The van der Waals surface area contributed by atoms with Gasteiger partial charge in [-0.15, -0.1) is 23.2 Å². The molecule has 1 heterocycles. The fourth-order valence-corrected chi connectivity index (χ4v) is 5.81. The summed E-state index contributed by atoms with van der Waals surface area (Å²) >= 11 is 11.5. The normalized spacial score (nSPS) is 25.9. The van der Waals surface area contributed by atoms with Crippen molar-refractivity contribution in [3.63, 3.8) is 0 Å². The minimum atomic E-state index is -0.677. The van der Waals surface area contributed by atoms with Gasteiger partial charge in [0.25, 0.3) is 0 Å². The molecule has 2 amide bonds. The van der Waals surface area contributed by atoms with Crippen LogP contribution in [-0.4, -0.2) is 47.1 Å². The summed E-state index contributed by atoms with van der Waals surface area (Å²) in [6, 6.07) is 16.0. The first-order chi connectivity index (χ1) is 14.6. The molecule has 1 aliphatic heterocycles. The zero-order valence-electron chi connectivity index (χ0n) is 16.0. The number of esters is 1. The summed E-state index contributed by atoms with van der Waals surface area (Å²) in [6.45, 7) is -0.416. The minimum absolute atomic E-state index is 0.0527. The van der Waals surface area contributed by atoms with Crippen LogP contribution in [0.2, 0.25) is 0 Å². The smallest absolute Gasteiger partial charge is 0.326 e. The number of nitrogens with zero attached hydrogens (tertiary/aromatic N) is 1. The van der Waals surface area contributed by atoms with Crippen LogP contribution in [-0.2, 0) is 19.1 Å². The van der Waals surface area contributed by atoms with Crippen LogP contribution in [0, 0.1) is 11.8 Å². The van der Waals surface area contributed by atoms with Gasteiger partial charge >= 0.3 is 5.97 Å². The van der Waals surface area contributed by atoms with E-state index in [0.717, 1.165) is 27.2 Å². The minimum Gasteiger partial charge on any atom is -0.458 e. The number of rotatable bonds is 5. The van der Waals surface area contributed by atoms with E-state index in [0.29, 0.717) is 0 Å². The maximum Gasteiger partial charge on any atom is 0.326 e. The molecule has 0 radical (unpaired) electrons. The first-order valence-corrected chi connectivity index (χ1v) is 11.0. The molecule has 0 N–H and O–H groups in total. The Morgan fingerprint density at radius 3 is 1.60 bits per heavy atom. The molecule has 2 atom stereocenters. The predicted molar refractivity (Wildman–Crippen MR) is 112 cm³/mol. The van der Waals surface area contributed by atoms with Gasteiger partial charge < -0.3 is 4.74 Å². The lowest BCUT2D eigenvalue weighted by Gasteiger charge is -2.45. The Bertz CT molecular complexity index is 936. The molecule has 5 nitrogen and oxygen atoms in total. The number of benzene rings is 2. The molecular weight excluding hydrogens is 425 g/mol. The van der Waals surface area contributed by atoms with Gasteiger partial charge in [-0.1, -0.05) is 48.5 Å². The Morgan fingerprint density at radius 2 is 1.23 bits per heavy atom. The quantitative estimate of drug-likeness (QED) is 0.404. The van der Waals surface area contributed by atoms with Crippen molar-refractivity contribution in [2.75, 3.05) is 18.3 Å². The van der Waals surface area contributed by atoms with Crippen LogP contribution < -0.4 is 0 Å². The number of ether oxygens (including phenoxy) is 1. The summed E-state index contributed by atoms with van der Waals surface area (Å²) in [5.41, 5.74) is 4.38. The van der Waals surface area contributed by atoms with Crippen LogP contribution in [0.5, 0.6) is 0 Å². The van der Waals surface area contributed by atoms with E-state index in [4.69, 9.17) is 27.9 Å². The first kappa shape index (κ1) is 19.6. The maximum atomic E-state index is 13.4. The van der Waals surface area contributed by atoms with Gasteiger partial charge in [-0.3, -0.25) is 19.3 Å². The number of carbonyl (C=O) groups is 3. The summed E-state index contributed by atoms with van der Waals surface area (Å²) in [7, 11) is 0. The second-order valence-corrected chi connectivity index (χ2v) is 8.57. The Labute approximate surface area is 183 Å². The molecule has 1 fully saturated rings. The van der Waals surface area contributed by atoms with Gasteiger partial charge in [0, 0.05) is 11.8 Å². The second kappa shape index (κ2) is 7.40. The van der Waals surface area contributed by atoms with Crippen LogP contribution in [0.1, 0.15) is 34.1 Å². The van der Waals surface area contributed by atoms with E-state index in [2.05, 4.69) is 0 Å². The van der Waals surface area contributed by atoms with Gasteiger partial charge in [-0.25, -0.2) is 0 Å². The number of carbonyl (C=O) groups excluding carboxylic acids is 3. The standard InChI is InChI=1S/C23H19Cl2NO4/c24-9-12(10-25)30-17(27)11-26-22(28)20-18-13-5-1-2-6-14(13)19(21(20)23(26)29)16-8-4-3-7-15(16)18/h1-8,12,18-21H,9-11H2/t18?,19?,20-,21-/m1/s1. The van der Waals surface area contributed by atoms with E-state index in [9.17, 15) is 14.4 Å². The predicted octanol–water partition coefficient (Wildman–Crippen LogP) is 3.27. The highest BCUT2D eigenvalue weighted by atomic mass is 35.5. The Balaban J connectivity index is 1.52. The van der Waals surface area contributed by atoms with Crippen molar-refractivity contribution >= 4 is 41.0 Å². The molecule has 0 saturated carbocycles. The molecular formula is C23H19Cl2NO4. The highest BCUT2D eigenvalue weighted by molar-refractivity contribution is 6.21. The number of halogens is 2. The van der Waals surface area contributed by atoms with Crippen LogP contribution in [0.3, 0.4) is 0 Å². The molecule has 6 rings (SSSR count). The third-order valence-electron chi connectivity index (χ3n) is 6.47. The molecule has 2 aromatic rings. The maximum absolute atomic E-state index is 13.4. The van der Waals surface area contributed by atoms with Crippen molar-refractivity contribution < 1.29 is 19.1 Å². The van der Waals surface area contributed by atoms with Crippen LogP contribution in [0.4, 0.5) is 0 Å². The molecule has 0 aromatic heterocycles. The van der Waals surface area contributed by atoms with Crippen molar-refractivity contribution in [2.24, 2.45) is 11.8 Å². The van der Waals surface area contributed by atoms with Crippen molar-refractivity contribution in [2.45, 2.75) is 17.9 Å². The molecule has 3 aliphatic carbocycles. The van der Waals surface area contributed by atoms with E-state index in [1.807, 2.05) is 48.5 Å². The summed E-state index contributed by atoms with van der Waals surface area (Å²) in [5, 5.41) is 0. The van der Waals surface area contributed by atoms with Crippen molar-refractivity contribution in [3.05, 3.63) is 70.8 Å². The van der Waals surface area contributed by atoms with E-state index < -0.39 is 30.5 Å². The highest BCUT2D eigenvalue weighted by Crippen LogP contribution is 2.60. The van der Waals surface area contributed by atoms with Gasteiger partial charge in [-0.05, 0) is 22.3 Å². The molecule has 154 valence electrons. The molecule has 0 unspecified atom stereocenters. The Hall–Kier alpha value is -2.37. The first-order valence-electron chi connectivity index (χ1n) is 9.91. The van der Waals surface area contributed by atoms with Gasteiger partial charge in [0.1, 0.15) is 12.6 Å². The lowest BCUT2D eigenvalue weighted by atomic mass is 9.55. The Kier molecular flexibility index (Phi) is 4.83. The molecule has 0 spiro atoms. The molecule has 2 bridgehead atoms. The number of alkyl halides is 2. The summed E-state index contributed by atoms with van der Waals surface area (Å²) < 4.78 is 5.20. The third kappa shape index (κ3) is 2.72. The molecule has 30 heavy (non-hydrogen) atoms. The average molecular weight is 444 g/mol. The molecule has 4 aliphatic rings. The Morgan fingerprint density at radius 1 is 0.833 bits per heavy atom. The number of hydrogen-bond donors (Lipinski definition) is 0. The topological polar surface area (TPSA) is 63.7 Å². The van der Waals surface area contributed by atoms with Gasteiger partial charge in [0.05, 0.1) is 23.6 Å². The van der Waals surface area contributed by atoms with Crippen LogP contribution in [0.25, 0.3) is 0 Å². The van der Waals surface area contributed by atoms with Crippen LogP contribution in [0.15, 0.2) is 48.5 Å². The van der Waals surface area contributed by atoms with E-state index in [1.165, 1.54) is 0 Å². The lowest BCUT2D eigenvalue weighted by Crippen LogP contribution is -2.41. The lowest BCUT2D eigenvalue weighted by molar-refractivity contribution is -0.155. The van der Waals surface area contributed by atoms with Crippen molar-refractivity contribution in [1.82, 2.24) is 4.90 Å². The van der Waals surface area contributed by atoms with Gasteiger partial charge in [0.15, 0.2) is 0 Å². The highest BCUT2D eigenvalue weighted by Gasteiger charge is 2.61. The van der Waals surface area contributed by atoms with E-state index >= 15 is 0 Å². The SMILES string of the molecule is O=C(CN1C(=O)[C@@H]2C3c4ccccc4C(c4ccccc43)[C@H]2C1=O)OC(CCl)CCl. The van der Waals surface area contributed by atoms with E-state index in [-0.39, 0.29) is 35.4 Å². The van der Waals surface area contributed by atoms with E-state index in [1.54, 1.807) is 0 Å². The summed E-state index contributed by atoms with van der Waals surface area (Å²) in [6.07, 6.45) is -0.652. The number of likely N-dealkylation sites (tertiary alicyclic amines) is 1. The van der Waals surface area contributed by atoms with Gasteiger partial charge in [-0.2, -0.15) is 0 Å². The number of amides is 2. The number of hydrogen-bond acceptors (Lipinski definition) is 4. The molecule has 7 heteroatoms. The molecule has 2 aromatic carbocycles. The zero-order chi connectivity index (χ0) is 21.0. The van der Waals surface area contributed by atoms with Gasteiger partial charge in [0.2, 0.25) is 11.8 Å². The zero-order valence-corrected chi connectivity index (χ0v) is 17.5. The molecule has 1 saturated heterocycles. The monoisotopic (exact) mass is 443 g/mol. The summed E-state index contributed by atoms with van der Waals surface area (Å²) in [4.78, 5) is 40.1.